The van der Waals surface area contributed by atoms with Crippen molar-refractivity contribution in [2.45, 2.75) is 25.4 Å². The van der Waals surface area contributed by atoms with Crippen LogP contribution in [-0.4, -0.2) is 48.5 Å². The highest BCUT2D eigenvalue weighted by Gasteiger charge is 2.23. The summed E-state index contributed by atoms with van der Waals surface area (Å²) in [6.45, 7) is 1.99. The fourth-order valence-corrected chi connectivity index (χ4v) is 3.87. The molecule has 0 bridgehead atoms. The summed E-state index contributed by atoms with van der Waals surface area (Å²) in [7, 11) is -3.23. The fourth-order valence-electron chi connectivity index (χ4n) is 3.07. The molecule has 1 fully saturated rings. The van der Waals surface area contributed by atoms with Gasteiger partial charge in [0.15, 0.2) is 5.82 Å². The predicted octanol–water partition coefficient (Wildman–Crippen LogP) is 1.66. The minimum atomic E-state index is -3.23. The van der Waals surface area contributed by atoms with E-state index in [2.05, 4.69) is 14.7 Å². The van der Waals surface area contributed by atoms with Crippen LogP contribution in [0.2, 0.25) is 0 Å². The van der Waals surface area contributed by atoms with Crippen LogP contribution in [-0.2, 0) is 16.6 Å². The topological polar surface area (TPSA) is 67.2 Å². The highest BCUT2D eigenvalue weighted by molar-refractivity contribution is 7.88. The molecule has 0 radical (unpaired) electrons. The second-order valence-electron chi connectivity index (χ2n) is 6.31. The van der Waals surface area contributed by atoms with E-state index in [1.807, 2.05) is 0 Å². The van der Waals surface area contributed by atoms with Gasteiger partial charge in [-0.15, -0.1) is 0 Å². The van der Waals surface area contributed by atoms with Gasteiger partial charge in [0.25, 0.3) is 0 Å². The van der Waals surface area contributed by atoms with E-state index in [0.29, 0.717) is 13.1 Å². The van der Waals surface area contributed by atoms with Gasteiger partial charge < -0.3 is 0 Å². The number of hydrogen-bond donors (Lipinski definition) is 1. The summed E-state index contributed by atoms with van der Waals surface area (Å²) in [6, 6.07) is 5.01. The first-order chi connectivity index (χ1) is 11.8. The molecule has 0 amide bonds. The second kappa shape index (κ2) is 7.19. The van der Waals surface area contributed by atoms with Gasteiger partial charge in [-0.25, -0.2) is 26.6 Å². The summed E-state index contributed by atoms with van der Waals surface area (Å²) in [5.74, 6) is -1.31. The zero-order chi connectivity index (χ0) is 18.0. The number of halogens is 2. The third-order valence-electron chi connectivity index (χ3n) is 4.07. The Labute approximate surface area is 145 Å². The fraction of sp³-hybridized carbons (Fsp3) is 0.438. The number of sulfonamides is 1. The number of benzene rings is 1. The van der Waals surface area contributed by atoms with Crippen molar-refractivity contribution in [1.29, 1.82) is 0 Å². The molecule has 0 unspecified atom stereocenters. The van der Waals surface area contributed by atoms with Crippen LogP contribution in [0.25, 0.3) is 5.69 Å². The molecule has 9 heteroatoms. The van der Waals surface area contributed by atoms with Crippen LogP contribution >= 0.6 is 0 Å². The summed E-state index contributed by atoms with van der Waals surface area (Å²) in [5.41, 5.74) is 0.923. The lowest BCUT2D eigenvalue weighted by Gasteiger charge is -2.32. The first kappa shape index (κ1) is 18.0. The third kappa shape index (κ3) is 4.83. The predicted molar refractivity (Wildman–Crippen MR) is 89.8 cm³/mol. The second-order valence-corrected chi connectivity index (χ2v) is 8.09. The Morgan fingerprint density at radius 1 is 1.32 bits per heavy atom. The first-order valence-corrected chi connectivity index (χ1v) is 9.89. The lowest BCUT2D eigenvalue weighted by Crippen LogP contribution is -2.47. The molecule has 25 heavy (non-hydrogen) atoms. The molecule has 2 aromatic rings. The summed E-state index contributed by atoms with van der Waals surface area (Å²) in [4.78, 5) is 2.11. The number of likely N-dealkylation sites (tertiary alicyclic amines) is 1. The van der Waals surface area contributed by atoms with E-state index in [-0.39, 0.29) is 11.7 Å². The summed E-state index contributed by atoms with van der Waals surface area (Å²) in [5, 5.41) is 4.34. The summed E-state index contributed by atoms with van der Waals surface area (Å²) in [6.07, 6.45) is 4.48. The van der Waals surface area contributed by atoms with Gasteiger partial charge in [-0.1, -0.05) is 0 Å². The van der Waals surface area contributed by atoms with Crippen LogP contribution in [0, 0.1) is 11.6 Å². The highest BCUT2D eigenvalue weighted by Crippen LogP contribution is 2.17. The van der Waals surface area contributed by atoms with E-state index in [1.54, 1.807) is 12.3 Å². The molecule has 1 aliphatic heterocycles. The van der Waals surface area contributed by atoms with Crippen LogP contribution in [0.15, 0.2) is 30.5 Å². The Kier molecular flexibility index (Phi) is 5.16. The quantitative estimate of drug-likeness (QED) is 0.869. The molecular formula is C16H20F2N4O2S. The number of nitrogens with one attached hydrogen (secondary N) is 1. The molecule has 3 rings (SSSR count). The Balaban J connectivity index is 1.67. The monoisotopic (exact) mass is 370 g/mol. The molecule has 136 valence electrons. The Bertz CT molecular complexity index is 854. The maximum Gasteiger partial charge on any atom is 0.208 e. The van der Waals surface area contributed by atoms with E-state index in [4.69, 9.17) is 0 Å². The number of aromatic nitrogens is 2. The van der Waals surface area contributed by atoms with Crippen molar-refractivity contribution in [2.24, 2.45) is 0 Å². The van der Waals surface area contributed by atoms with Crippen molar-refractivity contribution in [1.82, 2.24) is 19.4 Å². The Hall–Kier alpha value is -1.84. The van der Waals surface area contributed by atoms with Crippen LogP contribution in [0.1, 0.15) is 18.5 Å². The minimum absolute atomic E-state index is 0.111. The van der Waals surface area contributed by atoms with Crippen molar-refractivity contribution >= 4 is 10.0 Å². The van der Waals surface area contributed by atoms with Gasteiger partial charge >= 0.3 is 0 Å². The number of piperidine rings is 1. The van der Waals surface area contributed by atoms with Gasteiger partial charge in [-0.3, -0.25) is 4.90 Å². The van der Waals surface area contributed by atoms with Crippen molar-refractivity contribution in [2.75, 3.05) is 19.3 Å². The number of nitrogens with zero attached hydrogens (tertiary/aromatic N) is 3. The molecule has 1 aromatic heterocycles. The SMILES string of the molecule is CS(=O)(=O)N[C@@H]1CCCN(Cc2ccn(-c3ccc(F)cc3F)n2)C1. The zero-order valence-corrected chi connectivity index (χ0v) is 14.6. The average molecular weight is 370 g/mol. The average Bonchev–Trinajstić information content (AvgIpc) is 2.94. The lowest BCUT2D eigenvalue weighted by molar-refractivity contribution is 0.192. The van der Waals surface area contributed by atoms with Crippen molar-refractivity contribution < 1.29 is 17.2 Å². The van der Waals surface area contributed by atoms with Gasteiger partial charge in [0.2, 0.25) is 10.0 Å². The standard InChI is InChI=1S/C16H20F2N4O2S/c1-25(23,24)20-14-3-2-7-21(11-14)10-13-6-8-22(19-13)16-5-4-12(17)9-15(16)18/h4-6,8-9,14,20H,2-3,7,10-11H2,1H3/t14-/m1/s1. The van der Waals surface area contributed by atoms with E-state index < -0.39 is 21.7 Å². The lowest BCUT2D eigenvalue weighted by atomic mass is 10.1. The van der Waals surface area contributed by atoms with E-state index in [9.17, 15) is 17.2 Å². The van der Waals surface area contributed by atoms with Gasteiger partial charge in [0.05, 0.1) is 11.9 Å². The van der Waals surface area contributed by atoms with Crippen molar-refractivity contribution in [3.63, 3.8) is 0 Å². The van der Waals surface area contributed by atoms with Gasteiger partial charge in [0.1, 0.15) is 11.5 Å². The summed E-state index contributed by atoms with van der Waals surface area (Å²) >= 11 is 0. The molecule has 6 nitrogen and oxygen atoms in total. The molecule has 1 aromatic carbocycles. The van der Waals surface area contributed by atoms with Crippen LogP contribution in [0.4, 0.5) is 8.78 Å². The molecular weight excluding hydrogens is 350 g/mol. The van der Waals surface area contributed by atoms with Crippen LogP contribution < -0.4 is 4.72 Å². The minimum Gasteiger partial charge on any atom is -0.296 e. The molecule has 1 aliphatic rings. The molecule has 1 N–H and O–H groups in total. The zero-order valence-electron chi connectivity index (χ0n) is 13.8. The van der Waals surface area contributed by atoms with E-state index in [1.165, 1.54) is 16.8 Å². The summed E-state index contributed by atoms with van der Waals surface area (Å²) < 4.78 is 53.6. The normalized spacial score (nSPS) is 19.2. The van der Waals surface area contributed by atoms with E-state index in [0.717, 1.165) is 37.4 Å². The van der Waals surface area contributed by atoms with Gasteiger partial charge in [-0.05, 0) is 37.6 Å². The van der Waals surface area contributed by atoms with Crippen molar-refractivity contribution in [3.05, 3.63) is 47.8 Å². The highest BCUT2D eigenvalue weighted by atomic mass is 32.2. The Morgan fingerprint density at radius 3 is 2.84 bits per heavy atom. The van der Waals surface area contributed by atoms with Crippen LogP contribution in [0.3, 0.4) is 0 Å². The largest absolute Gasteiger partial charge is 0.296 e. The van der Waals surface area contributed by atoms with Gasteiger partial charge in [0, 0.05) is 31.4 Å². The molecule has 0 aliphatic carbocycles. The smallest absolute Gasteiger partial charge is 0.208 e. The van der Waals surface area contributed by atoms with E-state index >= 15 is 0 Å². The van der Waals surface area contributed by atoms with Crippen molar-refractivity contribution in [3.8, 4) is 5.69 Å². The maximum atomic E-state index is 13.8. The third-order valence-corrected chi connectivity index (χ3v) is 4.83. The molecule has 0 saturated carbocycles. The number of hydrogen-bond acceptors (Lipinski definition) is 4. The van der Waals surface area contributed by atoms with Crippen LogP contribution in [0.5, 0.6) is 0 Å². The number of rotatable bonds is 5. The Morgan fingerprint density at radius 2 is 2.12 bits per heavy atom. The maximum absolute atomic E-state index is 13.8. The molecule has 1 atom stereocenters. The molecule has 2 heterocycles. The first-order valence-electron chi connectivity index (χ1n) is 8.00. The molecule has 0 spiro atoms. The van der Waals surface area contributed by atoms with Gasteiger partial charge in [-0.2, -0.15) is 5.10 Å². The molecule has 1 saturated heterocycles.